The zero-order chi connectivity index (χ0) is 15.4. The van der Waals surface area contributed by atoms with Gasteiger partial charge in [-0.05, 0) is 23.8 Å². The first-order chi connectivity index (χ1) is 10.7. The minimum atomic E-state index is 0.411. The largest absolute Gasteiger partial charge is 0.369 e. The maximum absolute atomic E-state index is 11.2. The first kappa shape index (κ1) is 14.5. The first-order valence-corrected chi connectivity index (χ1v) is 7.47. The normalized spacial score (nSPS) is 15.7. The molecule has 0 aliphatic carbocycles. The van der Waals surface area contributed by atoms with Gasteiger partial charge < -0.3 is 4.90 Å². The van der Waals surface area contributed by atoms with Gasteiger partial charge >= 0.3 is 0 Å². The van der Waals surface area contributed by atoms with Crippen LogP contribution in [0.3, 0.4) is 0 Å². The maximum atomic E-state index is 11.2. The number of anilines is 1. The van der Waals surface area contributed by atoms with Crippen molar-refractivity contribution < 1.29 is 4.87 Å². The van der Waals surface area contributed by atoms with Crippen LogP contribution in [0.4, 0.5) is 11.4 Å². The molecule has 5 heteroatoms. The number of nitroso groups, excluding NO2 is 1. The van der Waals surface area contributed by atoms with Gasteiger partial charge in [-0.15, -0.1) is 0 Å². The molecule has 1 fully saturated rings. The predicted molar refractivity (Wildman–Crippen MR) is 86.7 cm³/mol. The fourth-order valence-electron chi connectivity index (χ4n) is 2.80. The summed E-state index contributed by atoms with van der Waals surface area (Å²) in [5, 5.41) is 0. The molecule has 3 rings (SSSR count). The Balaban J connectivity index is 1.58. The molecular formula is C17H20N4O+. The fourth-order valence-corrected chi connectivity index (χ4v) is 2.80. The Kier molecular flexibility index (Phi) is 4.34. The van der Waals surface area contributed by atoms with Gasteiger partial charge in [0.05, 0.1) is 4.91 Å². The summed E-state index contributed by atoms with van der Waals surface area (Å²) < 4.78 is 0. The maximum Gasteiger partial charge on any atom is 0.291 e. The highest BCUT2D eigenvalue weighted by Crippen LogP contribution is 2.18. The Labute approximate surface area is 130 Å². The number of hydrazine groups is 1. The molecule has 0 spiro atoms. The van der Waals surface area contributed by atoms with E-state index in [1.165, 1.54) is 5.69 Å². The van der Waals surface area contributed by atoms with Crippen LogP contribution in [0.25, 0.3) is 0 Å². The van der Waals surface area contributed by atoms with Gasteiger partial charge in [0.2, 0.25) is 0 Å². The molecule has 1 aliphatic rings. The molecule has 0 aromatic heterocycles. The molecule has 0 amide bonds. The van der Waals surface area contributed by atoms with Gasteiger partial charge in [0.1, 0.15) is 0 Å². The topological polar surface area (TPSA) is 52.6 Å². The number of benzene rings is 2. The van der Waals surface area contributed by atoms with Gasteiger partial charge in [0, 0.05) is 50.5 Å². The Hall–Kier alpha value is -2.40. The number of nitrogens with two attached hydrogens (primary N) is 1. The number of hydrogen-bond donors (Lipinski definition) is 1. The summed E-state index contributed by atoms with van der Waals surface area (Å²) in [4.78, 5) is 16.4. The molecule has 0 bridgehead atoms. The van der Waals surface area contributed by atoms with Crippen LogP contribution in [0.2, 0.25) is 0 Å². The zero-order valence-electron chi connectivity index (χ0n) is 12.5. The van der Waals surface area contributed by atoms with E-state index in [4.69, 9.17) is 5.84 Å². The second-order valence-corrected chi connectivity index (χ2v) is 5.52. The molecule has 1 saturated heterocycles. The molecule has 5 nitrogen and oxygen atoms in total. The number of nitrogens with zero attached hydrogens (tertiary/aromatic N) is 3. The highest BCUT2D eigenvalue weighted by atomic mass is 16.3. The highest BCUT2D eigenvalue weighted by Gasteiger charge is 2.18. The quantitative estimate of drug-likeness (QED) is 0.533. The van der Waals surface area contributed by atoms with E-state index in [9.17, 15) is 4.91 Å². The number of piperazine rings is 1. The summed E-state index contributed by atoms with van der Waals surface area (Å²) in [6, 6.07) is 18.6. The fraction of sp³-hybridized carbons (Fsp3) is 0.294. The second-order valence-electron chi connectivity index (χ2n) is 5.52. The van der Waals surface area contributed by atoms with Gasteiger partial charge in [-0.2, -0.15) is 5.84 Å². The van der Waals surface area contributed by atoms with Crippen molar-refractivity contribution in [1.82, 2.24) is 4.90 Å². The van der Waals surface area contributed by atoms with Crippen molar-refractivity contribution in [3.63, 3.8) is 0 Å². The molecule has 113 valence electrons. The van der Waals surface area contributed by atoms with Crippen molar-refractivity contribution in [2.45, 2.75) is 6.54 Å². The van der Waals surface area contributed by atoms with Crippen LogP contribution in [0, 0.1) is 11.0 Å². The minimum absolute atomic E-state index is 0.411. The lowest BCUT2D eigenvalue weighted by Crippen LogP contribution is -2.45. The smallest absolute Gasteiger partial charge is 0.291 e. The van der Waals surface area contributed by atoms with Gasteiger partial charge in [0.15, 0.2) is 4.87 Å². The van der Waals surface area contributed by atoms with E-state index in [0.717, 1.165) is 38.3 Å². The van der Waals surface area contributed by atoms with Crippen molar-refractivity contribution in [3.8, 4) is 0 Å². The summed E-state index contributed by atoms with van der Waals surface area (Å²) in [5.74, 6) is 5.25. The Morgan fingerprint density at radius 3 is 2.50 bits per heavy atom. The molecule has 2 N–H and O–H groups in total. The van der Waals surface area contributed by atoms with Crippen molar-refractivity contribution >= 4 is 11.4 Å². The average molecular weight is 296 g/mol. The van der Waals surface area contributed by atoms with Crippen LogP contribution >= 0.6 is 0 Å². The van der Waals surface area contributed by atoms with Gasteiger partial charge in [-0.1, -0.05) is 24.3 Å². The third kappa shape index (κ3) is 3.43. The summed E-state index contributed by atoms with van der Waals surface area (Å²) in [6.45, 7) is 4.87. The van der Waals surface area contributed by atoms with Crippen molar-refractivity contribution in [2.75, 3.05) is 31.1 Å². The minimum Gasteiger partial charge on any atom is -0.369 e. The van der Waals surface area contributed by atoms with Crippen LogP contribution in [0.5, 0.6) is 0 Å². The van der Waals surface area contributed by atoms with Crippen molar-refractivity contribution in [2.24, 2.45) is 5.84 Å². The third-order valence-electron chi connectivity index (χ3n) is 4.01. The van der Waals surface area contributed by atoms with Crippen LogP contribution in [0.15, 0.2) is 48.5 Å². The van der Waals surface area contributed by atoms with Crippen LogP contribution in [-0.2, 0) is 6.54 Å². The van der Waals surface area contributed by atoms with E-state index in [2.05, 4.69) is 28.0 Å². The van der Waals surface area contributed by atoms with E-state index >= 15 is 0 Å². The SMILES string of the molecule is N[N+](=O)c1cccc(CN2CCN(c3cc[c]cc3)CC2)c1. The monoisotopic (exact) mass is 296 g/mol. The Morgan fingerprint density at radius 2 is 1.82 bits per heavy atom. The van der Waals surface area contributed by atoms with E-state index in [0.29, 0.717) is 10.6 Å². The molecule has 1 heterocycles. The standard InChI is InChI=1S/C17H20N4O/c18-21(22)17-8-4-5-15(13-17)14-19-9-11-20(12-10-19)16-6-2-1-3-7-16/h2-8,13H,9-12,14H2,(H2,18,22)/q+1. The molecule has 0 atom stereocenters. The van der Waals surface area contributed by atoms with E-state index in [1.807, 2.05) is 30.3 Å². The third-order valence-corrected chi connectivity index (χ3v) is 4.01. The molecule has 0 saturated carbocycles. The van der Waals surface area contributed by atoms with Crippen molar-refractivity contribution in [1.29, 1.82) is 0 Å². The lowest BCUT2D eigenvalue weighted by molar-refractivity contribution is -0.474. The van der Waals surface area contributed by atoms with Gasteiger partial charge in [-0.3, -0.25) is 4.90 Å². The van der Waals surface area contributed by atoms with E-state index < -0.39 is 0 Å². The van der Waals surface area contributed by atoms with Crippen LogP contribution in [-0.4, -0.2) is 35.9 Å². The lowest BCUT2D eigenvalue weighted by atomic mass is 10.1. The summed E-state index contributed by atoms with van der Waals surface area (Å²) in [7, 11) is 0. The Bertz CT molecular complexity index is 636. The highest BCUT2D eigenvalue weighted by molar-refractivity contribution is 5.46. The van der Waals surface area contributed by atoms with Gasteiger partial charge in [0.25, 0.3) is 5.69 Å². The van der Waals surface area contributed by atoms with Gasteiger partial charge in [-0.25, -0.2) is 0 Å². The van der Waals surface area contributed by atoms with E-state index in [1.54, 1.807) is 6.07 Å². The Morgan fingerprint density at radius 1 is 1.09 bits per heavy atom. The zero-order valence-corrected chi connectivity index (χ0v) is 12.5. The molecule has 1 aliphatic heterocycles. The number of rotatable bonds is 4. The molecule has 0 unspecified atom stereocenters. The molecule has 2 aromatic carbocycles. The summed E-state index contributed by atoms with van der Waals surface area (Å²) in [6.07, 6.45) is 0. The summed E-state index contributed by atoms with van der Waals surface area (Å²) >= 11 is 0. The van der Waals surface area contributed by atoms with Crippen molar-refractivity contribution in [3.05, 3.63) is 65.1 Å². The lowest BCUT2D eigenvalue weighted by Gasteiger charge is -2.36. The number of hydrogen-bond acceptors (Lipinski definition) is 3. The molecule has 1 radical (unpaired) electrons. The predicted octanol–water partition coefficient (Wildman–Crippen LogP) is 2.09. The molecular weight excluding hydrogens is 276 g/mol. The molecule has 22 heavy (non-hydrogen) atoms. The summed E-state index contributed by atoms with van der Waals surface area (Å²) in [5.41, 5.74) is 2.87. The average Bonchev–Trinajstić information content (AvgIpc) is 2.56. The van der Waals surface area contributed by atoms with E-state index in [-0.39, 0.29) is 0 Å². The van der Waals surface area contributed by atoms with Crippen LogP contribution < -0.4 is 10.7 Å². The van der Waals surface area contributed by atoms with Crippen LogP contribution in [0.1, 0.15) is 5.56 Å². The second kappa shape index (κ2) is 6.58. The first-order valence-electron chi connectivity index (χ1n) is 7.47. The molecule has 2 aromatic rings.